The van der Waals surface area contributed by atoms with E-state index in [1.807, 2.05) is 12.1 Å². The lowest BCUT2D eigenvalue weighted by molar-refractivity contribution is 0.0846. The van der Waals surface area contributed by atoms with E-state index in [4.69, 9.17) is 11.6 Å². The first-order valence-electron chi connectivity index (χ1n) is 9.61. The number of unbranched alkanes of at least 4 members (excludes halogenated alkanes) is 1. The van der Waals surface area contributed by atoms with Crippen molar-refractivity contribution in [1.82, 2.24) is 20.6 Å². The molecular weight excluding hydrogens is 378 g/mol. The summed E-state index contributed by atoms with van der Waals surface area (Å²) in [6, 6.07) is 7.25. The molecule has 0 spiro atoms. The number of aromatic nitrogens is 2. The van der Waals surface area contributed by atoms with E-state index in [9.17, 15) is 9.59 Å². The van der Waals surface area contributed by atoms with Crippen molar-refractivity contribution in [3.63, 3.8) is 0 Å². The highest BCUT2D eigenvalue weighted by Crippen LogP contribution is 2.20. The Labute approximate surface area is 171 Å². The van der Waals surface area contributed by atoms with E-state index in [2.05, 4.69) is 41.6 Å². The summed E-state index contributed by atoms with van der Waals surface area (Å²) in [5.41, 5.74) is 7.16. The van der Waals surface area contributed by atoms with Crippen LogP contribution in [0.1, 0.15) is 60.0 Å². The van der Waals surface area contributed by atoms with Crippen LogP contribution in [0.15, 0.2) is 24.3 Å². The molecule has 1 aromatic heterocycles. The van der Waals surface area contributed by atoms with Gasteiger partial charge in [-0.15, -0.1) is 0 Å². The predicted molar refractivity (Wildman–Crippen MR) is 112 cm³/mol. The third kappa shape index (κ3) is 5.04. The molecule has 7 nitrogen and oxygen atoms in total. The molecule has 0 bridgehead atoms. The Hall–Kier alpha value is -2.54. The minimum atomic E-state index is -0.488. The fourth-order valence-electron chi connectivity index (χ4n) is 2.93. The van der Waals surface area contributed by atoms with E-state index in [-0.39, 0.29) is 10.7 Å². The molecule has 2 N–H and O–H groups in total. The summed E-state index contributed by atoms with van der Waals surface area (Å²) in [4.78, 5) is 27.0. The summed E-state index contributed by atoms with van der Waals surface area (Å²) >= 11 is 6.29. The molecule has 28 heavy (non-hydrogen) atoms. The lowest BCUT2D eigenvalue weighted by Crippen LogP contribution is -2.41. The molecule has 0 atom stereocenters. The molecule has 0 aliphatic carbocycles. The highest BCUT2D eigenvalue weighted by molar-refractivity contribution is 6.33. The number of nitrogens with one attached hydrogen (secondary N) is 2. The molecule has 1 aromatic carbocycles. The average Bonchev–Trinajstić information content (AvgIpc) is 2.99. The van der Waals surface area contributed by atoms with E-state index in [1.54, 1.807) is 23.7 Å². The van der Waals surface area contributed by atoms with Crippen LogP contribution >= 0.6 is 11.6 Å². The molecule has 2 aromatic rings. The summed E-state index contributed by atoms with van der Waals surface area (Å²) < 4.78 is 1.61. The average molecular weight is 406 g/mol. The van der Waals surface area contributed by atoms with Gasteiger partial charge in [0.25, 0.3) is 11.8 Å². The van der Waals surface area contributed by atoms with Crippen LogP contribution in [0, 0.1) is 6.92 Å². The molecule has 8 heteroatoms. The molecular formula is C20H28ClN5O2. The molecule has 0 saturated carbocycles. The quantitative estimate of drug-likeness (QED) is 0.658. The van der Waals surface area contributed by atoms with Crippen molar-refractivity contribution in [3.05, 3.63) is 46.2 Å². The zero-order valence-electron chi connectivity index (χ0n) is 16.9. The Bertz CT molecular complexity index is 813. The molecule has 0 aliphatic heterocycles. The van der Waals surface area contributed by atoms with Crippen molar-refractivity contribution in [2.24, 2.45) is 0 Å². The zero-order chi connectivity index (χ0) is 20.7. The summed E-state index contributed by atoms with van der Waals surface area (Å²) in [7, 11) is 0. The Morgan fingerprint density at radius 3 is 2.25 bits per heavy atom. The van der Waals surface area contributed by atoms with Crippen LogP contribution in [0.4, 0.5) is 5.69 Å². The standard InChI is InChI=1S/C20H28ClN5O2/c1-5-8-13-26-18(21)17(14(4)24-26)20(28)23-22-19(27)15-9-11-16(12-10-15)25(6-2)7-3/h9-12H,5-8,13H2,1-4H3,(H,22,27)(H,23,28). The molecule has 152 valence electrons. The second kappa shape index (κ2) is 10.1. The number of hydrogen-bond acceptors (Lipinski definition) is 4. The maximum Gasteiger partial charge on any atom is 0.274 e. The maximum atomic E-state index is 12.5. The largest absolute Gasteiger partial charge is 0.372 e. The minimum Gasteiger partial charge on any atom is -0.372 e. The van der Waals surface area contributed by atoms with Gasteiger partial charge in [0, 0.05) is 30.9 Å². The topological polar surface area (TPSA) is 79.3 Å². The van der Waals surface area contributed by atoms with Crippen LogP contribution in [0.2, 0.25) is 5.15 Å². The summed E-state index contributed by atoms with van der Waals surface area (Å²) in [5.74, 6) is -0.884. The summed E-state index contributed by atoms with van der Waals surface area (Å²) in [5, 5.41) is 4.58. The van der Waals surface area contributed by atoms with Crippen LogP contribution < -0.4 is 15.8 Å². The highest BCUT2D eigenvalue weighted by atomic mass is 35.5. The van der Waals surface area contributed by atoms with E-state index >= 15 is 0 Å². The Kier molecular flexibility index (Phi) is 7.87. The molecule has 0 radical (unpaired) electrons. The fraction of sp³-hybridized carbons (Fsp3) is 0.450. The van der Waals surface area contributed by atoms with E-state index in [1.165, 1.54) is 0 Å². The Morgan fingerprint density at radius 1 is 1.07 bits per heavy atom. The van der Waals surface area contributed by atoms with Gasteiger partial charge in [0.05, 0.1) is 5.69 Å². The third-order valence-corrected chi connectivity index (χ3v) is 4.95. The third-order valence-electron chi connectivity index (χ3n) is 4.56. The van der Waals surface area contributed by atoms with Gasteiger partial charge in [0.15, 0.2) is 0 Å². The number of aryl methyl sites for hydroxylation is 2. The highest BCUT2D eigenvalue weighted by Gasteiger charge is 2.20. The molecule has 0 unspecified atom stereocenters. The first-order chi connectivity index (χ1) is 13.4. The zero-order valence-corrected chi connectivity index (χ0v) is 17.6. The van der Waals surface area contributed by atoms with Crippen molar-refractivity contribution in [1.29, 1.82) is 0 Å². The van der Waals surface area contributed by atoms with Gasteiger partial charge in [-0.1, -0.05) is 24.9 Å². The SMILES string of the molecule is CCCCn1nc(C)c(C(=O)NNC(=O)c2ccc(N(CC)CC)cc2)c1Cl. The molecule has 1 heterocycles. The second-order valence-electron chi connectivity index (χ2n) is 6.46. The van der Waals surface area contributed by atoms with Crippen LogP contribution in [0.5, 0.6) is 0 Å². The first-order valence-corrected chi connectivity index (χ1v) is 9.99. The lowest BCUT2D eigenvalue weighted by Gasteiger charge is -2.21. The number of amides is 2. The van der Waals surface area contributed by atoms with Crippen molar-refractivity contribution in [3.8, 4) is 0 Å². The maximum absolute atomic E-state index is 12.5. The van der Waals surface area contributed by atoms with Crippen molar-refractivity contribution in [2.75, 3.05) is 18.0 Å². The normalized spacial score (nSPS) is 10.6. The Balaban J connectivity index is 2.01. The monoisotopic (exact) mass is 405 g/mol. The van der Waals surface area contributed by atoms with Gasteiger partial charge in [-0.05, 0) is 51.5 Å². The molecule has 0 aliphatic rings. The molecule has 0 saturated heterocycles. The number of benzene rings is 1. The molecule has 2 rings (SSSR count). The van der Waals surface area contributed by atoms with Crippen LogP contribution in [-0.2, 0) is 6.54 Å². The summed E-state index contributed by atoms with van der Waals surface area (Å²) in [6.07, 6.45) is 1.92. The van der Waals surface area contributed by atoms with Gasteiger partial charge in [0.2, 0.25) is 0 Å². The number of carbonyl (C=O) groups is 2. The van der Waals surface area contributed by atoms with Gasteiger partial charge < -0.3 is 4.90 Å². The number of nitrogens with zero attached hydrogens (tertiary/aromatic N) is 3. The van der Waals surface area contributed by atoms with Crippen LogP contribution in [0.25, 0.3) is 0 Å². The van der Waals surface area contributed by atoms with Crippen molar-refractivity contribution >= 4 is 29.1 Å². The molecule has 2 amide bonds. The van der Waals surface area contributed by atoms with Gasteiger partial charge in [-0.3, -0.25) is 25.1 Å². The van der Waals surface area contributed by atoms with Crippen molar-refractivity contribution < 1.29 is 9.59 Å². The van der Waals surface area contributed by atoms with Gasteiger partial charge in [0.1, 0.15) is 10.7 Å². The fourth-order valence-corrected chi connectivity index (χ4v) is 3.27. The van der Waals surface area contributed by atoms with Crippen molar-refractivity contribution in [2.45, 2.75) is 47.1 Å². The van der Waals surface area contributed by atoms with Gasteiger partial charge in [-0.25, -0.2) is 0 Å². The number of hydrazine groups is 1. The number of anilines is 1. The van der Waals surface area contributed by atoms with Crippen LogP contribution in [0.3, 0.4) is 0 Å². The van der Waals surface area contributed by atoms with Crippen LogP contribution in [-0.4, -0.2) is 34.7 Å². The van der Waals surface area contributed by atoms with E-state index < -0.39 is 11.8 Å². The molecule has 0 fully saturated rings. The van der Waals surface area contributed by atoms with E-state index in [0.29, 0.717) is 17.8 Å². The van der Waals surface area contributed by atoms with Gasteiger partial charge >= 0.3 is 0 Å². The van der Waals surface area contributed by atoms with E-state index in [0.717, 1.165) is 31.6 Å². The summed E-state index contributed by atoms with van der Waals surface area (Å²) in [6.45, 7) is 10.4. The lowest BCUT2D eigenvalue weighted by atomic mass is 10.2. The van der Waals surface area contributed by atoms with Gasteiger partial charge in [-0.2, -0.15) is 5.10 Å². The smallest absolute Gasteiger partial charge is 0.274 e. The number of rotatable bonds is 8. The predicted octanol–water partition coefficient (Wildman–Crippen LogP) is 3.57. The number of hydrogen-bond donors (Lipinski definition) is 2. The number of carbonyl (C=O) groups excluding carboxylic acids is 2. The first kappa shape index (κ1) is 21.8. The Morgan fingerprint density at radius 2 is 1.68 bits per heavy atom. The minimum absolute atomic E-state index is 0.273. The second-order valence-corrected chi connectivity index (χ2v) is 6.81. The number of halogens is 1.